The maximum Gasteiger partial charge on any atom is 0.221 e. The molecule has 0 saturated heterocycles. The Bertz CT molecular complexity index is 484. The van der Waals surface area contributed by atoms with E-state index in [-0.39, 0.29) is 12.0 Å². The van der Waals surface area contributed by atoms with Crippen LogP contribution in [0.25, 0.3) is 0 Å². The lowest BCUT2D eigenvalue weighted by atomic mass is 10.3. The highest BCUT2D eigenvalue weighted by Gasteiger charge is 2.08. The zero-order chi connectivity index (χ0) is 12.3. The quantitative estimate of drug-likeness (QED) is 0.894. The molecule has 3 N–H and O–H groups in total. The molecule has 0 aliphatic heterocycles. The van der Waals surface area contributed by atoms with E-state index in [1.54, 1.807) is 12.4 Å². The number of rotatable bonds is 4. The molecule has 2 heterocycles. The first kappa shape index (κ1) is 11.8. The second-order valence-corrected chi connectivity index (χ2v) is 4.55. The molecule has 0 amide bonds. The summed E-state index contributed by atoms with van der Waals surface area (Å²) in [6, 6.07) is 2.08. The van der Waals surface area contributed by atoms with Crippen LogP contribution in [0.3, 0.4) is 0 Å². The Labute approximate surface area is 107 Å². The molecular weight excluding hydrogens is 284 g/mol. The second kappa shape index (κ2) is 5.13. The molecule has 6 nitrogen and oxygen atoms in total. The molecule has 0 aliphatic rings. The largest absolute Gasteiger partial charge is 0.368 e. The van der Waals surface area contributed by atoms with Crippen LogP contribution in [0, 0.1) is 0 Å². The summed E-state index contributed by atoms with van der Waals surface area (Å²) >= 11 is 3.37. The van der Waals surface area contributed by atoms with Crippen molar-refractivity contribution in [1.29, 1.82) is 0 Å². The van der Waals surface area contributed by atoms with Gasteiger partial charge in [0.2, 0.25) is 5.95 Å². The van der Waals surface area contributed by atoms with Crippen molar-refractivity contribution in [3.8, 4) is 0 Å². The van der Waals surface area contributed by atoms with Crippen molar-refractivity contribution in [2.75, 3.05) is 11.1 Å². The number of hydrogen-bond donors (Lipinski definition) is 2. The van der Waals surface area contributed by atoms with Crippen LogP contribution in [0.4, 0.5) is 11.8 Å². The van der Waals surface area contributed by atoms with Crippen LogP contribution in [0.2, 0.25) is 0 Å². The summed E-state index contributed by atoms with van der Waals surface area (Å²) in [4.78, 5) is 8.01. The number of anilines is 2. The highest BCUT2D eigenvalue weighted by Crippen LogP contribution is 2.20. The number of aromatic nitrogens is 4. The van der Waals surface area contributed by atoms with Crippen molar-refractivity contribution in [3.05, 3.63) is 29.1 Å². The molecule has 0 radical (unpaired) electrons. The van der Waals surface area contributed by atoms with Crippen molar-refractivity contribution in [2.24, 2.45) is 0 Å². The summed E-state index contributed by atoms with van der Waals surface area (Å²) in [6.45, 7) is 2.80. The highest BCUT2D eigenvalue weighted by molar-refractivity contribution is 9.10. The molecule has 7 heteroatoms. The number of nitrogens with two attached hydrogens (primary N) is 1. The molecule has 2 rings (SSSR count). The summed E-state index contributed by atoms with van der Waals surface area (Å²) in [6.07, 6.45) is 5.30. The number of nitrogens with zero attached hydrogens (tertiary/aromatic N) is 4. The van der Waals surface area contributed by atoms with Crippen LogP contribution >= 0.6 is 15.9 Å². The van der Waals surface area contributed by atoms with Crippen LogP contribution in [0.15, 0.2) is 29.1 Å². The molecule has 0 bridgehead atoms. The van der Waals surface area contributed by atoms with Crippen LogP contribution < -0.4 is 11.1 Å². The second-order valence-electron chi connectivity index (χ2n) is 3.70. The van der Waals surface area contributed by atoms with E-state index < -0.39 is 0 Å². The lowest BCUT2D eigenvalue weighted by Crippen LogP contribution is -2.23. The van der Waals surface area contributed by atoms with Gasteiger partial charge in [0, 0.05) is 24.6 Å². The first-order valence-electron chi connectivity index (χ1n) is 5.17. The molecule has 1 atom stereocenters. The molecule has 0 aliphatic carbocycles. The Hall–Kier alpha value is -1.63. The monoisotopic (exact) mass is 296 g/mol. The van der Waals surface area contributed by atoms with Gasteiger partial charge in [0.25, 0.3) is 0 Å². The van der Waals surface area contributed by atoms with E-state index in [9.17, 15) is 0 Å². The minimum atomic E-state index is 0.181. The van der Waals surface area contributed by atoms with Crippen molar-refractivity contribution < 1.29 is 0 Å². The molecule has 0 spiro atoms. The predicted molar refractivity (Wildman–Crippen MR) is 69.5 cm³/mol. The van der Waals surface area contributed by atoms with Crippen molar-refractivity contribution in [1.82, 2.24) is 19.7 Å². The third kappa shape index (κ3) is 3.16. The predicted octanol–water partition coefficient (Wildman–Crippen LogP) is 1.52. The van der Waals surface area contributed by atoms with Crippen LogP contribution in [-0.4, -0.2) is 25.8 Å². The number of nitrogen functional groups attached to an aromatic ring is 1. The summed E-state index contributed by atoms with van der Waals surface area (Å²) in [5.74, 6) is 0.944. The average Bonchev–Trinajstić information content (AvgIpc) is 2.76. The van der Waals surface area contributed by atoms with E-state index in [0.29, 0.717) is 5.82 Å². The zero-order valence-electron chi connectivity index (χ0n) is 9.34. The fourth-order valence-corrected chi connectivity index (χ4v) is 1.76. The SMILES string of the molecule is CC(Cn1cccn1)Nc1nc(N)ncc1Br. The number of hydrogen-bond acceptors (Lipinski definition) is 5. The minimum Gasteiger partial charge on any atom is -0.368 e. The van der Waals surface area contributed by atoms with E-state index in [2.05, 4.69) is 36.3 Å². The van der Waals surface area contributed by atoms with Gasteiger partial charge >= 0.3 is 0 Å². The van der Waals surface area contributed by atoms with E-state index in [4.69, 9.17) is 5.73 Å². The van der Waals surface area contributed by atoms with E-state index in [0.717, 1.165) is 11.0 Å². The van der Waals surface area contributed by atoms with Gasteiger partial charge in [-0.25, -0.2) is 4.98 Å². The lowest BCUT2D eigenvalue weighted by Gasteiger charge is -2.15. The first-order valence-corrected chi connectivity index (χ1v) is 5.96. The van der Waals surface area contributed by atoms with Crippen LogP contribution in [0.1, 0.15) is 6.92 Å². The van der Waals surface area contributed by atoms with Gasteiger partial charge in [-0.05, 0) is 28.9 Å². The normalized spacial score (nSPS) is 12.4. The Morgan fingerprint density at radius 2 is 2.41 bits per heavy atom. The average molecular weight is 297 g/mol. The van der Waals surface area contributed by atoms with E-state index >= 15 is 0 Å². The summed E-state index contributed by atoms with van der Waals surface area (Å²) in [5, 5.41) is 7.40. The highest BCUT2D eigenvalue weighted by atomic mass is 79.9. The molecule has 0 fully saturated rings. The third-order valence-corrected chi connectivity index (χ3v) is 2.75. The standard InChI is InChI=1S/C10H13BrN6/c1-7(6-17-4-2-3-14-17)15-9-8(11)5-13-10(12)16-9/h2-5,7H,6H2,1H3,(H3,12,13,15,16). The topological polar surface area (TPSA) is 81.7 Å². The molecular formula is C10H13BrN6. The van der Waals surface area contributed by atoms with Gasteiger partial charge in [0.05, 0.1) is 11.0 Å². The van der Waals surface area contributed by atoms with Gasteiger partial charge in [-0.2, -0.15) is 10.1 Å². The van der Waals surface area contributed by atoms with Gasteiger partial charge in [-0.3, -0.25) is 4.68 Å². The van der Waals surface area contributed by atoms with Gasteiger partial charge in [0.15, 0.2) is 0 Å². The molecule has 2 aromatic rings. The first-order chi connectivity index (χ1) is 8.15. The third-order valence-electron chi connectivity index (χ3n) is 2.17. The minimum absolute atomic E-state index is 0.181. The van der Waals surface area contributed by atoms with Gasteiger partial charge < -0.3 is 11.1 Å². The summed E-state index contributed by atoms with van der Waals surface area (Å²) in [5.41, 5.74) is 5.54. The molecule has 2 aromatic heterocycles. The molecule has 17 heavy (non-hydrogen) atoms. The maximum absolute atomic E-state index is 5.54. The summed E-state index contributed by atoms with van der Waals surface area (Å²) < 4.78 is 2.65. The van der Waals surface area contributed by atoms with Crippen LogP contribution in [-0.2, 0) is 6.54 Å². The molecule has 0 aromatic carbocycles. The fourth-order valence-electron chi connectivity index (χ4n) is 1.45. The Morgan fingerprint density at radius 1 is 1.59 bits per heavy atom. The molecule has 1 unspecified atom stereocenters. The van der Waals surface area contributed by atoms with E-state index in [1.165, 1.54) is 0 Å². The van der Waals surface area contributed by atoms with Gasteiger partial charge in [-0.1, -0.05) is 0 Å². The lowest BCUT2D eigenvalue weighted by molar-refractivity contribution is 0.559. The van der Waals surface area contributed by atoms with Crippen molar-refractivity contribution in [3.63, 3.8) is 0 Å². The Kier molecular flexibility index (Phi) is 3.58. The smallest absolute Gasteiger partial charge is 0.221 e. The zero-order valence-corrected chi connectivity index (χ0v) is 10.9. The summed E-state index contributed by atoms with van der Waals surface area (Å²) in [7, 11) is 0. The Balaban J connectivity index is 2.02. The maximum atomic E-state index is 5.54. The van der Waals surface area contributed by atoms with Crippen LogP contribution in [0.5, 0.6) is 0 Å². The molecule has 90 valence electrons. The number of nitrogens with one attached hydrogen (secondary N) is 1. The number of halogens is 1. The van der Waals surface area contributed by atoms with Crippen molar-refractivity contribution >= 4 is 27.7 Å². The Morgan fingerprint density at radius 3 is 3.12 bits per heavy atom. The van der Waals surface area contributed by atoms with Gasteiger partial charge in [-0.15, -0.1) is 0 Å². The van der Waals surface area contributed by atoms with Crippen molar-refractivity contribution in [2.45, 2.75) is 19.5 Å². The van der Waals surface area contributed by atoms with Gasteiger partial charge in [0.1, 0.15) is 5.82 Å². The molecule has 0 saturated carbocycles. The van der Waals surface area contributed by atoms with E-state index in [1.807, 2.05) is 23.9 Å². The fraction of sp³-hybridized carbons (Fsp3) is 0.300.